The van der Waals surface area contributed by atoms with Crippen molar-refractivity contribution in [2.75, 3.05) is 20.6 Å². The summed E-state index contributed by atoms with van der Waals surface area (Å²) < 4.78 is 0. The van der Waals surface area contributed by atoms with E-state index < -0.39 is 0 Å². The van der Waals surface area contributed by atoms with Crippen LogP contribution >= 0.6 is 23.2 Å². The Kier molecular flexibility index (Phi) is 6.38. The summed E-state index contributed by atoms with van der Waals surface area (Å²) in [6.07, 6.45) is 1.84. The SMILES string of the molecule is C=C(CN(C)C)C(=O)/C(=C/c1ccc(Cl)cc1)c1cccc(Cl)c1. The molecule has 2 aromatic rings. The number of halogens is 2. The summed E-state index contributed by atoms with van der Waals surface area (Å²) in [7, 11) is 3.81. The predicted molar refractivity (Wildman–Crippen MR) is 103 cm³/mol. The first-order valence-electron chi connectivity index (χ1n) is 7.47. The van der Waals surface area contributed by atoms with Crippen molar-refractivity contribution in [3.8, 4) is 0 Å². The van der Waals surface area contributed by atoms with Gasteiger partial charge in [-0.05, 0) is 55.6 Å². The number of carbonyl (C=O) groups is 1. The monoisotopic (exact) mass is 359 g/mol. The van der Waals surface area contributed by atoms with Crippen LogP contribution in [0.5, 0.6) is 0 Å². The molecule has 0 fully saturated rings. The first-order chi connectivity index (χ1) is 11.4. The number of hydrogen-bond donors (Lipinski definition) is 0. The van der Waals surface area contributed by atoms with Crippen LogP contribution in [-0.4, -0.2) is 31.3 Å². The van der Waals surface area contributed by atoms with Gasteiger partial charge in [0.1, 0.15) is 0 Å². The number of allylic oxidation sites excluding steroid dienone is 1. The van der Waals surface area contributed by atoms with Crippen molar-refractivity contribution >= 4 is 40.6 Å². The van der Waals surface area contributed by atoms with Crippen LogP contribution in [0.4, 0.5) is 0 Å². The highest BCUT2D eigenvalue weighted by molar-refractivity contribution is 6.34. The van der Waals surface area contributed by atoms with Crippen LogP contribution in [0.15, 0.2) is 60.7 Å². The largest absolute Gasteiger partial charge is 0.305 e. The molecule has 4 heteroatoms. The minimum atomic E-state index is -0.0964. The minimum absolute atomic E-state index is 0.0964. The van der Waals surface area contributed by atoms with Crippen LogP contribution < -0.4 is 0 Å². The van der Waals surface area contributed by atoms with Crippen molar-refractivity contribution in [2.45, 2.75) is 0 Å². The van der Waals surface area contributed by atoms with Gasteiger partial charge in [-0.25, -0.2) is 0 Å². The van der Waals surface area contributed by atoms with E-state index in [1.165, 1.54) is 0 Å². The van der Waals surface area contributed by atoms with Crippen molar-refractivity contribution in [2.24, 2.45) is 0 Å². The highest BCUT2D eigenvalue weighted by Crippen LogP contribution is 2.25. The summed E-state index contributed by atoms with van der Waals surface area (Å²) in [5.41, 5.74) is 2.74. The third-order valence-electron chi connectivity index (χ3n) is 3.39. The lowest BCUT2D eigenvalue weighted by molar-refractivity contribution is -0.110. The summed E-state index contributed by atoms with van der Waals surface area (Å²) in [4.78, 5) is 14.8. The van der Waals surface area contributed by atoms with Crippen molar-refractivity contribution in [1.29, 1.82) is 0 Å². The van der Waals surface area contributed by atoms with Crippen LogP contribution in [0.25, 0.3) is 11.6 Å². The van der Waals surface area contributed by atoms with Crippen LogP contribution in [0.3, 0.4) is 0 Å². The van der Waals surface area contributed by atoms with E-state index in [0.717, 1.165) is 11.1 Å². The summed E-state index contributed by atoms with van der Waals surface area (Å²) in [5, 5.41) is 1.24. The van der Waals surface area contributed by atoms with Crippen LogP contribution in [0.2, 0.25) is 10.0 Å². The average molecular weight is 360 g/mol. The number of ketones is 1. The van der Waals surface area contributed by atoms with Gasteiger partial charge in [-0.1, -0.05) is 54.0 Å². The number of carbonyl (C=O) groups excluding carboxylic acids is 1. The molecule has 0 amide bonds. The maximum Gasteiger partial charge on any atom is 0.190 e. The van der Waals surface area contributed by atoms with Gasteiger partial charge in [0.15, 0.2) is 5.78 Å². The lowest BCUT2D eigenvalue weighted by Crippen LogP contribution is -2.19. The van der Waals surface area contributed by atoms with E-state index in [1.807, 2.05) is 49.3 Å². The quantitative estimate of drug-likeness (QED) is 0.520. The van der Waals surface area contributed by atoms with Gasteiger partial charge in [0.2, 0.25) is 0 Å². The number of rotatable bonds is 6. The Hall–Kier alpha value is -1.87. The highest BCUT2D eigenvalue weighted by Gasteiger charge is 2.16. The predicted octanol–water partition coefficient (Wildman–Crippen LogP) is 5.22. The zero-order valence-corrected chi connectivity index (χ0v) is 15.2. The Morgan fingerprint density at radius 2 is 1.75 bits per heavy atom. The van der Waals surface area contributed by atoms with E-state index in [2.05, 4.69) is 6.58 Å². The Bertz CT molecular complexity index is 776. The fourth-order valence-electron chi connectivity index (χ4n) is 2.31. The third kappa shape index (κ3) is 5.07. The zero-order valence-electron chi connectivity index (χ0n) is 13.7. The van der Waals surface area contributed by atoms with Gasteiger partial charge in [0.25, 0.3) is 0 Å². The van der Waals surface area contributed by atoms with Crippen LogP contribution in [0, 0.1) is 0 Å². The van der Waals surface area contributed by atoms with Gasteiger partial charge < -0.3 is 4.90 Å². The number of nitrogens with zero attached hydrogens (tertiary/aromatic N) is 1. The summed E-state index contributed by atoms with van der Waals surface area (Å²) in [6.45, 7) is 4.43. The first kappa shape index (κ1) is 18.5. The van der Waals surface area contributed by atoms with E-state index in [9.17, 15) is 4.79 Å². The molecular formula is C20H19Cl2NO. The number of hydrogen-bond acceptors (Lipinski definition) is 2. The fourth-order valence-corrected chi connectivity index (χ4v) is 2.62. The number of Topliss-reactive ketones (excluding diaryl/α,β-unsaturated/α-hetero) is 1. The maximum atomic E-state index is 12.9. The van der Waals surface area contributed by atoms with Gasteiger partial charge in [-0.15, -0.1) is 0 Å². The van der Waals surface area contributed by atoms with E-state index in [-0.39, 0.29) is 5.78 Å². The van der Waals surface area contributed by atoms with Crippen molar-refractivity contribution in [3.63, 3.8) is 0 Å². The highest BCUT2D eigenvalue weighted by atomic mass is 35.5. The standard InChI is InChI=1S/C20H19Cl2NO/c1-14(13-23(2)3)20(24)19(16-5-4-6-18(22)12-16)11-15-7-9-17(21)10-8-15/h4-12H,1,13H2,2-3H3/b19-11+. The van der Waals surface area contributed by atoms with Crippen LogP contribution in [0.1, 0.15) is 11.1 Å². The molecule has 0 saturated carbocycles. The second kappa shape index (κ2) is 8.29. The number of likely N-dealkylation sites (N-methyl/N-ethyl adjacent to an activating group) is 1. The molecule has 0 atom stereocenters. The van der Waals surface area contributed by atoms with E-state index in [4.69, 9.17) is 23.2 Å². The topological polar surface area (TPSA) is 20.3 Å². The molecular weight excluding hydrogens is 341 g/mol. The molecule has 0 aliphatic carbocycles. The van der Waals surface area contributed by atoms with Crippen molar-refractivity contribution in [1.82, 2.24) is 4.90 Å². The molecule has 0 aromatic heterocycles. The van der Waals surface area contributed by atoms with Gasteiger partial charge >= 0.3 is 0 Å². The third-order valence-corrected chi connectivity index (χ3v) is 3.88. The van der Waals surface area contributed by atoms with Gasteiger partial charge in [-0.3, -0.25) is 4.79 Å². The molecule has 0 N–H and O–H groups in total. The molecule has 2 nitrogen and oxygen atoms in total. The van der Waals surface area contributed by atoms with Gasteiger partial charge in [-0.2, -0.15) is 0 Å². The van der Waals surface area contributed by atoms with Crippen molar-refractivity contribution in [3.05, 3.63) is 81.9 Å². The molecule has 0 spiro atoms. The van der Waals surface area contributed by atoms with E-state index in [1.54, 1.807) is 24.3 Å². The molecule has 2 aromatic carbocycles. The van der Waals surface area contributed by atoms with Gasteiger partial charge in [0, 0.05) is 27.7 Å². The summed E-state index contributed by atoms with van der Waals surface area (Å²) in [5.74, 6) is -0.0964. The van der Waals surface area contributed by atoms with E-state index in [0.29, 0.717) is 27.7 Å². The molecule has 0 bridgehead atoms. The molecule has 0 heterocycles. The van der Waals surface area contributed by atoms with Crippen molar-refractivity contribution < 1.29 is 4.79 Å². The Morgan fingerprint density at radius 1 is 1.08 bits per heavy atom. The number of benzene rings is 2. The second-order valence-corrected chi connectivity index (χ2v) is 6.66. The Balaban J connectivity index is 2.47. The Morgan fingerprint density at radius 3 is 2.33 bits per heavy atom. The molecule has 0 unspecified atom stereocenters. The van der Waals surface area contributed by atoms with E-state index >= 15 is 0 Å². The smallest absolute Gasteiger partial charge is 0.190 e. The lowest BCUT2D eigenvalue weighted by atomic mass is 9.95. The summed E-state index contributed by atoms with van der Waals surface area (Å²) >= 11 is 12.0. The normalized spacial score (nSPS) is 11.6. The summed E-state index contributed by atoms with van der Waals surface area (Å²) in [6, 6.07) is 14.6. The maximum absolute atomic E-state index is 12.9. The molecule has 124 valence electrons. The van der Waals surface area contributed by atoms with Crippen LogP contribution in [-0.2, 0) is 4.79 Å². The average Bonchev–Trinajstić information content (AvgIpc) is 2.53. The lowest BCUT2D eigenvalue weighted by Gasteiger charge is -2.14. The molecule has 2 rings (SSSR count). The molecule has 0 aliphatic heterocycles. The second-order valence-electron chi connectivity index (χ2n) is 5.79. The molecule has 24 heavy (non-hydrogen) atoms. The zero-order chi connectivity index (χ0) is 17.7. The molecule has 0 saturated heterocycles. The Labute approximate surface area is 153 Å². The minimum Gasteiger partial charge on any atom is -0.305 e. The first-order valence-corrected chi connectivity index (χ1v) is 8.23. The fraction of sp³-hybridized carbons (Fsp3) is 0.150. The molecule has 0 aliphatic rings. The molecule has 0 radical (unpaired) electrons. The van der Waals surface area contributed by atoms with Gasteiger partial charge in [0.05, 0.1) is 0 Å².